The summed E-state index contributed by atoms with van der Waals surface area (Å²) in [6.45, 7) is 0.794. The van der Waals surface area contributed by atoms with E-state index in [0.717, 1.165) is 6.54 Å². The van der Waals surface area contributed by atoms with Crippen LogP contribution in [0.1, 0.15) is 22.7 Å². The number of carboxylic acid groups (broad SMARTS) is 2. The second kappa shape index (κ2) is 10.5. The molecule has 0 unspecified atom stereocenters. The molecule has 0 aliphatic heterocycles. The Labute approximate surface area is 157 Å². The fraction of sp³-hybridized carbons (Fsp3) is 0.0952. The molecule has 0 amide bonds. The highest BCUT2D eigenvalue weighted by Gasteiger charge is 2.12. The molecule has 2 aromatic carbocycles. The van der Waals surface area contributed by atoms with Gasteiger partial charge in [0.25, 0.3) is 0 Å². The Balaban J connectivity index is 0.000000380. The van der Waals surface area contributed by atoms with Crippen LogP contribution in [0.5, 0.6) is 0 Å². The third-order valence-corrected chi connectivity index (χ3v) is 3.68. The van der Waals surface area contributed by atoms with E-state index in [4.69, 9.17) is 19.8 Å². The highest BCUT2D eigenvalue weighted by molar-refractivity contribution is 6.27. The summed E-state index contributed by atoms with van der Waals surface area (Å²) < 4.78 is 0. The van der Waals surface area contributed by atoms with E-state index in [9.17, 15) is 0 Å². The lowest BCUT2D eigenvalue weighted by molar-refractivity contribution is -0.159. The molecule has 0 atom stereocenters. The quantitative estimate of drug-likeness (QED) is 0.602. The van der Waals surface area contributed by atoms with Gasteiger partial charge in [-0.1, -0.05) is 66.7 Å². The zero-order chi connectivity index (χ0) is 19.5. The maximum Gasteiger partial charge on any atom is 0.414 e. The van der Waals surface area contributed by atoms with Crippen molar-refractivity contribution in [2.75, 3.05) is 0 Å². The van der Waals surface area contributed by atoms with Gasteiger partial charge in [0.15, 0.2) is 0 Å². The van der Waals surface area contributed by atoms with E-state index in [1.54, 1.807) is 6.20 Å². The summed E-state index contributed by atoms with van der Waals surface area (Å²) in [6, 6.07) is 25.3. The summed E-state index contributed by atoms with van der Waals surface area (Å²) in [5.74, 6) is -3.65. The van der Waals surface area contributed by atoms with Crippen molar-refractivity contribution < 1.29 is 19.8 Å². The molecule has 3 N–H and O–H groups in total. The van der Waals surface area contributed by atoms with Crippen LogP contribution in [-0.2, 0) is 16.1 Å². The zero-order valence-electron chi connectivity index (χ0n) is 14.5. The van der Waals surface area contributed by atoms with Crippen molar-refractivity contribution in [3.63, 3.8) is 0 Å². The van der Waals surface area contributed by atoms with Crippen LogP contribution in [0.25, 0.3) is 0 Å². The van der Waals surface area contributed by atoms with E-state index in [0.29, 0.717) is 0 Å². The second-order valence-corrected chi connectivity index (χ2v) is 5.61. The highest BCUT2D eigenvalue weighted by Crippen LogP contribution is 2.22. The average molecular weight is 364 g/mol. The number of pyridine rings is 1. The molecule has 6 nitrogen and oxygen atoms in total. The number of hydrogen-bond acceptors (Lipinski definition) is 4. The normalized spacial score (nSPS) is 9.96. The van der Waals surface area contributed by atoms with E-state index in [1.165, 1.54) is 16.7 Å². The molecule has 0 saturated heterocycles. The predicted octanol–water partition coefficient (Wildman–Crippen LogP) is 3.12. The van der Waals surface area contributed by atoms with Crippen LogP contribution in [0.2, 0.25) is 0 Å². The lowest BCUT2D eigenvalue weighted by Gasteiger charge is -2.20. The van der Waals surface area contributed by atoms with Gasteiger partial charge in [-0.25, -0.2) is 9.59 Å². The van der Waals surface area contributed by atoms with Crippen LogP contribution in [0.4, 0.5) is 0 Å². The topological polar surface area (TPSA) is 99.5 Å². The average Bonchev–Trinajstić information content (AvgIpc) is 2.71. The molecule has 6 heteroatoms. The molecule has 0 fully saturated rings. The molecule has 1 heterocycles. The summed E-state index contributed by atoms with van der Waals surface area (Å²) in [4.78, 5) is 22.4. The van der Waals surface area contributed by atoms with Gasteiger partial charge < -0.3 is 15.5 Å². The largest absolute Gasteiger partial charge is 0.473 e. The van der Waals surface area contributed by atoms with Crippen LogP contribution in [0.15, 0.2) is 85.2 Å². The fourth-order valence-electron chi connectivity index (χ4n) is 2.44. The van der Waals surface area contributed by atoms with Crippen LogP contribution in [0.3, 0.4) is 0 Å². The molecular formula is C21H20N2O4. The van der Waals surface area contributed by atoms with Crippen molar-refractivity contribution in [1.82, 2.24) is 10.3 Å². The lowest BCUT2D eigenvalue weighted by atomic mass is 9.98. The van der Waals surface area contributed by atoms with E-state index in [1.807, 2.05) is 24.4 Å². The van der Waals surface area contributed by atoms with Crippen LogP contribution in [-0.4, -0.2) is 27.1 Å². The Morgan fingerprint density at radius 1 is 0.815 bits per heavy atom. The first-order valence-corrected chi connectivity index (χ1v) is 8.26. The summed E-state index contributed by atoms with van der Waals surface area (Å²) in [5, 5.41) is 18.4. The van der Waals surface area contributed by atoms with E-state index in [-0.39, 0.29) is 6.04 Å². The van der Waals surface area contributed by atoms with Crippen molar-refractivity contribution in [2.45, 2.75) is 12.6 Å². The number of rotatable bonds is 5. The van der Waals surface area contributed by atoms with Gasteiger partial charge >= 0.3 is 11.9 Å². The second-order valence-electron chi connectivity index (χ2n) is 5.61. The number of hydrogen-bond donors (Lipinski definition) is 3. The molecule has 0 bridgehead atoms. The summed E-state index contributed by atoms with van der Waals surface area (Å²) >= 11 is 0. The summed E-state index contributed by atoms with van der Waals surface area (Å²) in [5.41, 5.74) is 3.73. The van der Waals surface area contributed by atoms with Crippen molar-refractivity contribution in [1.29, 1.82) is 0 Å². The Morgan fingerprint density at radius 3 is 1.74 bits per heavy atom. The molecule has 0 saturated carbocycles. The zero-order valence-corrected chi connectivity index (χ0v) is 14.5. The van der Waals surface area contributed by atoms with Crippen LogP contribution >= 0.6 is 0 Å². The van der Waals surface area contributed by atoms with Gasteiger partial charge in [0, 0.05) is 18.9 Å². The number of nitrogens with one attached hydrogen (secondary N) is 1. The number of aliphatic carboxylic acids is 2. The standard InChI is InChI=1S/C19H18N2.C2H2O4/c1-3-9-17(10-4-1)19(18-11-5-2-6-12-18)21-15-16-8-7-13-20-14-16;3-1(4)2(5)6/h1-14,19,21H,15H2;(H,3,4)(H,5,6). The SMILES string of the molecule is O=C(O)C(=O)O.c1ccc(C(NCc2cccnc2)c2ccccc2)cc1. The van der Waals surface area contributed by atoms with Gasteiger partial charge in [-0.2, -0.15) is 0 Å². The maximum absolute atomic E-state index is 9.10. The third-order valence-electron chi connectivity index (χ3n) is 3.68. The van der Waals surface area contributed by atoms with Gasteiger partial charge in [0.05, 0.1) is 6.04 Å². The van der Waals surface area contributed by atoms with Crippen LogP contribution in [0, 0.1) is 0 Å². The molecule has 27 heavy (non-hydrogen) atoms. The third kappa shape index (κ3) is 6.72. The summed E-state index contributed by atoms with van der Waals surface area (Å²) in [7, 11) is 0. The number of benzene rings is 2. The Hall–Kier alpha value is -3.51. The Morgan fingerprint density at radius 2 is 1.33 bits per heavy atom. The first-order chi connectivity index (χ1) is 13.1. The number of aromatic nitrogens is 1. The van der Waals surface area contributed by atoms with Gasteiger partial charge in [-0.3, -0.25) is 4.98 Å². The monoisotopic (exact) mass is 364 g/mol. The molecule has 0 aliphatic rings. The smallest absolute Gasteiger partial charge is 0.414 e. The number of carboxylic acids is 2. The molecule has 0 spiro atoms. The number of carbonyl (C=O) groups is 2. The molecule has 3 aromatic rings. The van der Waals surface area contributed by atoms with Crippen molar-refractivity contribution in [3.05, 3.63) is 102 Å². The predicted molar refractivity (Wildman–Crippen MR) is 101 cm³/mol. The Kier molecular flexibility index (Phi) is 7.68. The summed E-state index contributed by atoms with van der Waals surface area (Å²) in [6.07, 6.45) is 3.70. The first kappa shape index (κ1) is 19.8. The van der Waals surface area contributed by atoms with Crippen molar-refractivity contribution in [2.24, 2.45) is 0 Å². The van der Waals surface area contributed by atoms with Crippen molar-refractivity contribution >= 4 is 11.9 Å². The number of nitrogens with zero attached hydrogens (tertiary/aromatic N) is 1. The molecule has 1 aromatic heterocycles. The first-order valence-electron chi connectivity index (χ1n) is 8.26. The van der Waals surface area contributed by atoms with Crippen LogP contribution < -0.4 is 5.32 Å². The van der Waals surface area contributed by atoms with Gasteiger partial charge in [-0.15, -0.1) is 0 Å². The van der Waals surface area contributed by atoms with E-state index in [2.05, 4.69) is 64.9 Å². The molecule has 0 aliphatic carbocycles. The molecule has 0 radical (unpaired) electrons. The minimum Gasteiger partial charge on any atom is -0.473 e. The van der Waals surface area contributed by atoms with E-state index < -0.39 is 11.9 Å². The highest BCUT2D eigenvalue weighted by atomic mass is 16.4. The molecule has 138 valence electrons. The van der Waals surface area contributed by atoms with Gasteiger partial charge in [-0.05, 0) is 22.8 Å². The van der Waals surface area contributed by atoms with Gasteiger partial charge in [0.1, 0.15) is 0 Å². The van der Waals surface area contributed by atoms with Crippen molar-refractivity contribution in [3.8, 4) is 0 Å². The minimum atomic E-state index is -1.82. The van der Waals surface area contributed by atoms with Gasteiger partial charge in [0.2, 0.25) is 0 Å². The Bertz CT molecular complexity index is 788. The van der Waals surface area contributed by atoms with E-state index >= 15 is 0 Å². The fourth-order valence-corrected chi connectivity index (χ4v) is 2.44. The molecular weight excluding hydrogens is 344 g/mol. The maximum atomic E-state index is 9.10. The molecule has 3 rings (SSSR count). The minimum absolute atomic E-state index is 0.188. The lowest BCUT2D eigenvalue weighted by Crippen LogP contribution is -2.22.